The van der Waals surface area contributed by atoms with Gasteiger partial charge in [-0.25, -0.2) is 0 Å². The molecule has 0 fully saturated rings. The molecule has 1 aromatic rings. The summed E-state index contributed by atoms with van der Waals surface area (Å²) in [6.45, 7) is 9.93. The summed E-state index contributed by atoms with van der Waals surface area (Å²) in [7, 11) is 2.04. The Hall–Kier alpha value is -0.830. The highest BCUT2D eigenvalue weighted by Crippen LogP contribution is 2.23. The summed E-state index contributed by atoms with van der Waals surface area (Å²) in [5.41, 5.74) is 2.42. The van der Waals surface area contributed by atoms with Gasteiger partial charge in [-0.2, -0.15) is 5.10 Å². The van der Waals surface area contributed by atoms with E-state index in [0.29, 0.717) is 6.04 Å². The second-order valence-electron chi connectivity index (χ2n) is 5.09. The van der Waals surface area contributed by atoms with Gasteiger partial charge < -0.3 is 5.32 Å². The lowest BCUT2D eigenvalue weighted by Crippen LogP contribution is -2.25. The SMILES string of the molecule is CCCNC(CC(C)CC)c1cc(C)nn1C. The maximum Gasteiger partial charge on any atom is 0.0597 e. The zero-order valence-corrected chi connectivity index (χ0v) is 12.0. The van der Waals surface area contributed by atoms with Crippen molar-refractivity contribution >= 4 is 0 Å². The van der Waals surface area contributed by atoms with E-state index in [-0.39, 0.29) is 0 Å². The van der Waals surface area contributed by atoms with Crippen molar-refractivity contribution in [2.75, 3.05) is 6.54 Å². The van der Waals surface area contributed by atoms with Crippen LogP contribution in [0.4, 0.5) is 0 Å². The summed E-state index contributed by atoms with van der Waals surface area (Å²) in [5, 5.41) is 8.09. The van der Waals surface area contributed by atoms with E-state index >= 15 is 0 Å². The molecule has 0 radical (unpaired) electrons. The molecular formula is C14H27N3. The van der Waals surface area contributed by atoms with Crippen LogP contribution in [0.15, 0.2) is 6.07 Å². The van der Waals surface area contributed by atoms with Gasteiger partial charge in [-0.1, -0.05) is 27.2 Å². The molecule has 1 aromatic heterocycles. The summed E-state index contributed by atoms with van der Waals surface area (Å²) in [6, 6.07) is 2.64. The van der Waals surface area contributed by atoms with Crippen molar-refractivity contribution in [2.24, 2.45) is 13.0 Å². The Labute approximate surface area is 106 Å². The number of nitrogens with one attached hydrogen (secondary N) is 1. The second kappa shape index (κ2) is 6.80. The molecule has 2 atom stereocenters. The van der Waals surface area contributed by atoms with Gasteiger partial charge in [0.2, 0.25) is 0 Å². The number of hydrogen-bond acceptors (Lipinski definition) is 2. The maximum absolute atomic E-state index is 4.45. The zero-order chi connectivity index (χ0) is 12.8. The molecule has 0 amide bonds. The van der Waals surface area contributed by atoms with Crippen LogP contribution in [-0.4, -0.2) is 16.3 Å². The molecule has 17 heavy (non-hydrogen) atoms. The Morgan fingerprint density at radius 1 is 1.41 bits per heavy atom. The molecule has 98 valence electrons. The predicted octanol–water partition coefficient (Wildman–Crippen LogP) is 3.21. The van der Waals surface area contributed by atoms with Crippen LogP contribution in [0.25, 0.3) is 0 Å². The van der Waals surface area contributed by atoms with E-state index in [2.05, 4.69) is 44.2 Å². The van der Waals surface area contributed by atoms with Crippen molar-refractivity contribution in [3.8, 4) is 0 Å². The first kappa shape index (κ1) is 14.2. The Balaban J connectivity index is 2.77. The van der Waals surface area contributed by atoms with Crippen LogP contribution in [0.2, 0.25) is 0 Å². The predicted molar refractivity (Wildman–Crippen MR) is 73.1 cm³/mol. The summed E-state index contributed by atoms with van der Waals surface area (Å²) in [6.07, 6.45) is 3.60. The van der Waals surface area contributed by atoms with Crippen LogP contribution in [0.3, 0.4) is 0 Å². The lowest BCUT2D eigenvalue weighted by molar-refractivity contribution is 0.386. The molecule has 0 aromatic carbocycles. The zero-order valence-electron chi connectivity index (χ0n) is 12.0. The first-order chi connectivity index (χ1) is 8.08. The van der Waals surface area contributed by atoms with Gasteiger partial charge in [0.25, 0.3) is 0 Å². The summed E-state index contributed by atoms with van der Waals surface area (Å²) in [4.78, 5) is 0. The first-order valence-corrected chi connectivity index (χ1v) is 6.82. The van der Waals surface area contributed by atoms with Crippen molar-refractivity contribution in [1.29, 1.82) is 0 Å². The van der Waals surface area contributed by atoms with E-state index in [0.717, 1.165) is 18.2 Å². The van der Waals surface area contributed by atoms with Crippen LogP contribution < -0.4 is 5.32 Å². The number of hydrogen-bond donors (Lipinski definition) is 1. The number of nitrogens with zero attached hydrogens (tertiary/aromatic N) is 2. The van der Waals surface area contributed by atoms with E-state index in [4.69, 9.17) is 0 Å². The van der Waals surface area contributed by atoms with Crippen LogP contribution >= 0.6 is 0 Å². The van der Waals surface area contributed by atoms with Crippen LogP contribution in [0.5, 0.6) is 0 Å². The second-order valence-corrected chi connectivity index (χ2v) is 5.09. The lowest BCUT2D eigenvalue weighted by atomic mass is 9.97. The van der Waals surface area contributed by atoms with Gasteiger partial charge in [0, 0.05) is 13.1 Å². The van der Waals surface area contributed by atoms with Crippen LogP contribution in [-0.2, 0) is 7.05 Å². The molecule has 0 saturated carbocycles. The number of aromatic nitrogens is 2. The maximum atomic E-state index is 4.45. The molecule has 0 aliphatic rings. The average Bonchev–Trinajstić information content (AvgIpc) is 2.63. The van der Waals surface area contributed by atoms with Crippen LogP contribution in [0.1, 0.15) is 57.5 Å². The third-order valence-corrected chi connectivity index (χ3v) is 3.37. The van der Waals surface area contributed by atoms with Gasteiger partial charge in [0.1, 0.15) is 0 Å². The van der Waals surface area contributed by atoms with Crippen LogP contribution in [0, 0.1) is 12.8 Å². The monoisotopic (exact) mass is 237 g/mol. The van der Waals surface area contributed by atoms with Gasteiger partial charge in [-0.05, 0) is 38.3 Å². The topological polar surface area (TPSA) is 29.9 Å². The van der Waals surface area contributed by atoms with Gasteiger partial charge in [0.15, 0.2) is 0 Å². The van der Waals surface area contributed by atoms with E-state index in [9.17, 15) is 0 Å². The van der Waals surface area contributed by atoms with E-state index in [1.54, 1.807) is 0 Å². The van der Waals surface area contributed by atoms with Crippen molar-refractivity contribution in [3.63, 3.8) is 0 Å². The molecule has 0 aliphatic heterocycles. The molecule has 0 spiro atoms. The molecular weight excluding hydrogens is 210 g/mol. The molecule has 0 saturated heterocycles. The van der Waals surface area contributed by atoms with E-state index < -0.39 is 0 Å². The highest BCUT2D eigenvalue weighted by Gasteiger charge is 2.17. The Morgan fingerprint density at radius 2 is 2.12 bits per heavy atom. The molecule has 1 heterocycles. The van der Waals surface area contributed by atoms with Crippen molar-refractivity contribution in [3.05, 3.63) is 17.5 Å². The van der Waals surface area contributed by atoms with Gasteiger partial charge in [-0.15, -0.1) is 0 Å². The largest absolute Gasteiger partial charge is 0.309 e. The fraction of sp³-hybridized carbons (Fsp3) is 0.786. The summed E-state index contributed by atoms with van der Waals surface area (Å²) >= 11 is 0. The van der Waals surface area contributed by atoms with Crippen molar-refractivity contribution < 1.29 is 0 Å². The quantitative estimate of drug-likeness (QED) is 0.789. The number of aryl methyl sites for hydroxylation is 2. The highest BCUT2D eigenvalue weighted by molar-refractivity contribution is 5.13. The normalized spacial score (nSPS) is 14.9. The Bertz CT molecular complexity index is 330. The fourth-order valence-corrected chi connectivity index (χ4v) is 2.15. The van der Waals surface area contributed by atoms with Gasteiger partial charge >= 0.3 is 0 Å². The molecule has 1 N–H and O–H groups in total. The molecule has 1 rings (SSSR count). The lowest BCUT2D eigenvalue weighted by Gasteiger charge is -2.21. The van der Waals surface area contributed by atoms with E-state index in [1.807, 2.05) is 11.7 Å². The standard InChI is InChI=1S/C14H27N3/c1-6-8-15-13(9-11(3)7-2)14-10-12(4)16-17(14)5/h10-11,13,15H,6-9H2,1-5H3. The fourth-order valence-electron chi connectivity index (χ4n) is 2.15. The third kappa shape index (κ3) is 4.15. The number of rotatable bonds is 7. The minimum absolute atomic E-state index is 0.441. The minimum Gasteiger partial charge on any atom is -0.309 e. The van der Waals surface area contributed by atoms with E-state index in [1.165, 1.54) is 25.0 Å². The highest BCUT2D eigenvalue weighted by atomic mass is 15.3. The van der Waals surface area contributed by atoms with Gasteiger partial charge in [0.05, 0.1) is 11.4 Å². The minimum atomic E-state index is 0.441. The average molecular weight is 237 g/mol. The molecule has 3 heteroatoms. The summed E-state index contributed by atoms with van der Waals surface area (Å²) in [5.74, 6) is 0.750. The molecule has 0 bridgehead atoms. The third-order valence-electron chi connectivity index (χ3n) is 3.37. The molecule has 0 aliphatic carbocycles. The molecule has 2 unspecified atom stereocenters. The Morgan fingerprint density at radius 3 is 2.59 bits per heavy atom. The summed E-state index contributed by atoms with van der Waals surface area (Å²) < 4.78 is 2.02. The van der Waals surface area contributed by atoms with Crippen molar-refractivity contribution in [2.45, 2.75) is 53.0 Å². The van der Waals surface area contributed by atoms with Crippen molar-refractivity contribution in [1.82, 2.24) is 15.1 Å². The van der Waals surface area contributed by atoms with Gasteiger partial charge in [-0.3, -0.25) is 4.68 Å². The smallest absolute Gasteiger partial charge is 0.0597 e. The Kier molecular flexibility index (Phi) is 5.69. The first-order valence-electron chi connectivity index (χ1n) is 6.82. The molecule has 3 nitrogen and oxygen atoms in total.